The molecule has 2 rings (SSSR count). The Bertz CT molecular complexity index is 1020. The molecule has 0 radical (unpaired) electrons. The van der Waals surface area contributed by atoms with Crippen molar-refractivity contribution in [1.29, 1.82) is 0 Å². The lowest BCUT2D eigenvalue weighted by molar-refractivity contribution is 0.0986. The third-order valence-corrected chi connectivity index (χ3v) is 4.86. The van der Waals surface area contributed by atoms with Gasteiger partial charge in [-0.25, -0.2) is 13.4 Å². The summed E-state index contributed by atoms with van der Waals surface area (Å²) in [7, 11) is -3.66. The number of carbonyl (C=O) groups excluding carboxylic acids is 1. The monoisotopic (exact) mass is 433 g/mol. The van der Waals surface area contributed by atoms with E-state index >= 15 is 0 Å². The molecule has 7 nitrogen and oxygen atoms in total. The Morgan fingerprint density at radius 3 is 2.47 bits per heavy atom. The fourth-order valence-corrected chi connectivity index (χ4v) is 3.58. The summed E-state index contributed by atoms with van der Waals surface area (Å²) >= 11 is 0. The zero-order valence-electron chi connectivity index (χ0n) is 18.8. The minimum absolute atomic E-state index is 0.0624. The Balaban J connectivity index is 0.00000218. The summed E-state index contributed by atoms with van der Waals surface area (Å²) < 4.78 is 29.7. The van der Waals surface area contributed by atoms with E-state index < -0.39 is 15.7 Å². The van der Waals surface area contributed by atoms with Gasteiger partial charge in [0.15, 0.2) is 20.6 Å². The lowest BCUT2D eigenvalue weighted by atomic mass is 10.1. The van der Waals surface area contributed by atoms with Crippen molar-refractivity contribution < 1.29 is 17.7 Å². The molecule has 0 aliphatic rings. The number of aromatic nitrogens is 2. The van der Waals surface area contributed by atoms with Crippen LogP contribution in [0, 0.1) is 0 Å². The fraction of sp³-hybridized carbons (Fsp3) is 0.409. The summed E-state index contributed by atoms with van der Waals surface area (Å²) in [6.07, 6.45) is 5.64. The van der Waals surface area contributed by atoms with Crippen LogP contribution in [0.25, 0.3) is 0 Å². The van der Waals surface area contributed by atoms with Crippen LogP contribution >= 0.6 is 0 Å². The van der Waals surface area contributed by atoms with Gasteiger partial charge in [0.25, 0.3) is 5.91 Å². The topological polar surface area (TPSA) is 93.4 Å². The smallest absolute Gasteiger partial charge is 0.263 e. The number of hydrogen-bond donors (Lipinski definition) is 0. The minimum Gasteiger partial charge on any atom is -0.360 e. The molecule has 0 aliphatic heterocycles. The highest BCUT2D eigenvalue weighted by atomic mass is 32.2. The summed E-state index contributed by atoms with van der Waals surface area (Å²) in [5.41, 5.74) is 2.14. The third kappa shape index (κ3) is 6.38. The van der Waals surface area contributed by atoms with E-state index in [1.807, 2.05) is 47.6 Å². The van der Waals surface area contributed by atoms with Crippen LogP contribution in [-0.2, 0) is 9.84 Å². The number of allylic oxidation sites excluding steroid dienone is 1. The van der Waals surface area contributed by atoms with E-state index in [-0.39, 0.29) is 28.7 Å². The second-order valence-electron chi connectivity index (χ2n) is 7.13. The molecule has 0 saturated carbocycles. The quantitative estimate of drug-likeness (QED) is 0.583. The van der Waals surface area contributed by atoms with Gasteiger partial charge < -0.3 is 9.42 Å². The van der Waals surface area contributed by atoms with Crippen molar-refractivity contribution >= 4 is 21.4 Å². The lowest BCUT2D eigenvalue weighted by Crippen LogP contribution is -2.34. The van der Waals surface area contributed by atoms with Gasteiger partial charge in [0.2, 0.25) is 0 Å². The molecule has 0 spiro atoms. The van der Waals surface area contributed by atoms with Crippen molar-refractivity contribution in [3.63, 3.8) is 0 Å². The number of pyridine rings is 1. The molecule has 164 valence electrons. The molecule has 0 aromatic carbocycles. The fourth-order valence-electron chi connectivity index (χ4n) is 2.77. The van der Waals surface area contributed by atoms with Crippen LogP contribution in [0.15, 0.2) is 57.9 Å². The highest BCUT2D eigenvalue weighted by molar-refractivity contribution is 7.90. The second-order valence-corrected chi connectivity index (χ2v) is 9.06. The van der Waals surface area contributed by atoms with Crippen LogP contribution < -0.4 is 4.90 Å². The first-order chi connectivity index (χ1) is 14.0. The van der Waals surface area contributed by atoms with Crippen LogP contribution in [0.3, 0.4) is 0 Å². The summed E-state index contributed by atoms with van der Waals surface area (Å²) in [6, 6.07) is 3.14. The largest absolute Gasteiger partial charge is 0.360 e. The molecule has 2 aromatic heterocycles. The van der Waals surface area contributed by atoms with Crippen LogP contribution in [0.2, 0.25) is 0 Å². The lowest BCUT2D eigenvalue weighted by Gasteiger charge is -2.24. The van der Waals surface area contributed by atoms with Gasteiger partial charge in [-0.2, -0.15) is 0 Å². The summed E-state index contributed by atoms with van der Waals surface area (Å²) in [6.45, 7) is 15.7. The predicted molar refractivity (Wildman–Crippen MR) is 120 cm³/mol. The molecule has 0 unspecified atom stereocenters. The zero-order valence-corrected chi connectivity index (χ0v) is 19.6. The molecule has 2 heterocycles. The van der Waals surface area contributed by atoms with E-state index in [1.165, 1.54) is 17.3 Å². The zero-order chi connectivity index (χ0) is 23.1. The highest BCUT2D eigenvalue weighted by Crippen LogP contribution is 2.28. The second kappa shape index (κ2) is 10.9. The number of carbonyl (C=O) groups is 1. The molecule has 0 saturated heterocycles. The Morgan fingerprint density at radius 1 is 1.30 bits per heavy atom. The molecular formula is C22H31N3O4S. The van der Waals surface area contributed by atoms with Crippen LogP contribution in [0.1, 0.15) is 63.6 Å². The molecule has 0 aliphatic carbocycles. The number of nitrogens with zero attached hydrogens (tertiary/aromatic N) is 3. The van der Waals surface area contributed by atoms with Crippen molar-refractivity contribution in [1.82, 2.24) is 10.1 Å². The molecule has 0 fully saturated rings. The predicted octanol–water partition coefficient (Wildman–Crippen LogP) is 4.79. The molecule has 30 heavy (non-hydrogen) atoms. The van der Waals surface area contributed by atoms with Gasteiger partial charge in [0.05, 0.1) is 18.4 Å². The Labute approximate surface area is 179 Å². The SMILES string of the molecule is C=C(C=C(C)C)CN(C(=O)c1cnoc1C(C)C)c1cccnc1S(C)(=O)=O.CC. The van der Waals surface area contributed by atoms with Gasteiger partial charge in [-0.05, 0) is 31.6 Å². The van der Waals surface area contributed by atoms with Gasteiger partial charge in [0.1, 0.15) is 5.56 Å². The normalized spacial score (nSPS) is 10.8. The molecule has 1 amide bonds. The minimum atomic E-state index is -3.66. The Kier molecular flexibility index (Phi) is 9.17. The number of amides is 1. The van der Waals surface area contributed by atoms with Gasteiger partial charge in [-0.3, -0.25) is 4.79 Å². The maximum absolute atomic E-state index is 13.4. The van der Waals surface area contributed by atoms with Gasteiger partial charge in [-0.15, -0.1) is 0 Å². The van der Waals surface area contributed by atoms with Crippen LogP contribution in [0.4, 0.5) is 5.69 Å². The molecule has 0 bridgehead atoms. The van der Waals surface area contributed by atoms with Crippen LogP contribution in [0.5, 0.6) is 0 Å². The third-order valence-electron chi connectivity index (χ3n) is 3.85. The Hall–Kier alpha value is -2.74. The summed E-state index contributed by atoms with van der Waals surface area (Å²) in [5, 5.41) is 3.58. The average molecular weight is 434 g/mol. The van der Waals surface area contributed by atoms with Gasteiger partial charge in [0, 0.05) is 18.4 Å². The first-order valence-corrected chi connectivity index (χ1v) is 11.7. The van der Waals surface area contributed by atoms with Crippen molar-refractivity contribution in [2.45, 2.75) is 52.5 Å². The molecular weight excluding hydrogens is 402 g/mol. The molecule has 0 atom stereocenters. The van der Waals surface area contributed by atoms with Crippen molar-refractivity contribution in [2.24, 2.45) is 0 Å². The first kappa shape index (κ1) is 25.3. The van der Waals surface area contributed by atoms with E-state index in [4.69, 9.17) is 4.52 Å². The van der Waals surface area contributed by atoms with Crippen molar-refractivity contribution in [2.75, 3.05) is 17.7 Å². The maximum Gasteiger partial charge on any atom is 0.263 e. The average Bonchev–Trinajstić information content (AvgIpc) is 3.16. The number of hydrogen-bond acceptors (Lipinski definition) is 6. The molecule has 2 aromatic rings. The standard InChI is InChI=1S/C20H25N3O4S.C2H6/c1-13(2)10-15(5)12-23(17-8-7-9-21-19(17)28(6,25)26)20(24)16-11-22-27-18(16)14(3)4;1-2/h7-11,14H,5,12H2,1-4,6H3;1-2H3. The van der Waals surface area contributed by atoms with Crippen LogP contribution in [-0.4, -0.2) is 37.3 Å². The van der Waals surface area contributed by atoms with E-state index in [0.29, 0.717) is 11.3 Å². The van der Waals surface area contributed by atoms with Crippen molar-refractivity contribution in [3.8, 4) is 0 Å². The Morgan fingerprint density at radius 2 is 1.93 bits per heavy atom. The van der Waals surface area contributed by atoms with E-state index in [0.717, 1.165) is 11.8 Å². The van der Waals surface area contributed by atoms with Crippen molar-refractivity contribution in [3.05, 3.63) is 59.7 Å². The number of anilines is 1. The maximum atomic E-state index is 13.4. The first-order valence-electron chi connectivity index (χ1n) is 9.76. The highest BCUT2D eigenvalue weighted by Gasteiger charge is 2.29. The van der Waals surface area contributed by atoms with E-state index in [1.54, 1.807) is 12.1 Å². The number of sulfone groups is 1. The van der Waals surface area contributed by atoms with E-state index in [2.05, 4.69) is 16.7 Å². The molecule has 8 heteroatoms. The summed E-state index contributed by atoms with van der Waals surface area (Å²) in [4.78, 5) is 18.7. The van der Waals surface area contributed by atoms with E-state index in [9.17, 15) is 13.2 Å². The van der Waals surface area contributed by atoms with Gasteiger partial charge in [-0.1, -0.05) is 51.1 Å². The van der Waals surface area contributed by atoms with Gasteiger partial charge >= 0.3 is 0 Å². The number of rotatable bonds is 7. The molecule has 0 N–H and O–H groups in total. The summed E-state index contributed by atoms with van der Waals surface area (Å²) in [5.74, 6) is -0.0497.